The van der Waals surface area contributed by atoms with E-state index < -0.39 is 22.0 Å². The van der Waals surface area contributed by atoms with E-state index in [1.54, 1.807) is 13.8 Å². The lowest BCUT2D eigenvalue weighted by Gasteiger charge is -2.24. The largest absolute Gasteiger partial charge is 0.368 e. The van der Waals surface area contributed by atoms with Crippen LogP contribution in [-0.4, -0.2) is 31.2 Å². The van der Waals surface area contributed by atoms with Crippen LogP contribution in [0.5, 0.6) is 0 Å². The summed E-state index contributed by atoms with van der Waals surface area (Å²) in [5.74, 6) is -0.575. The van der Waals surface area contributed by atoms with Crippen LogP contribution in [-0.2, 0) is 14.8 Å². The molecule has 1 amide bonds. The van der Waals surface area contributed by atoms with Crippen molar-refractivity contribution < 1.29 is 13.2 Å². The van der Waals surface area contributed by atoms with Crippen molar-refractivity contribution in [3.8, 4) is 0 Å². The molecule has 1 heterocycles. The highest BCUT2D eigenvalue weighted by Crippen LogP contribution is 2.30. The monoisotopic (exact) mass is 296 g/mol. The van der Waals surface area contributed by atoms with Crippen molar-refractivity contribution in [2.45, 2.75) is 44.6 Å². The van der Waals surface area contributed by atoms with Gasteiger partial charge in [-0.25, -0.2) is 8.42 Å². The van der Waals surface area contributed by atoms with Crippen LogP contribution >= 0.6 is 0 Å². The van der Waals surface area contributed by atoms with Crippen LogP contribution in [0.2, 0.25) is 0 Å². The minimum absolute atomic E-state index is 0.302. The van der Waals surface area contributed by atoms with Gasteiger partial charge >= 0.3 is 0 Å². The Hall–Kier alpha value is -1.40. The maximum absolute atomic E-state index is 12.8. The van der Waals surface area contributed by atoms with Gasteiger partial charge in [-0.2, -0.15) is 4.31 Å². The zero-order chi connectivity index (χ0) is 15.1. The number of sulfonamides is 1. The van der Waals surface area contributed by atoms with Gasteiger partial charge in [0.1, 0.15) is 6.04 Å². The summed E-state index contributed by atoms with van der Waals surface area (Å²) in [6, 6.07) is 2.96. The summed E-state index contributed by atoms with van der Waals surface area (Å²) in [4.78, 5) is 11.7. The minimum Gasteiger partial charge on any atom is -0.368 e. The average Bonchev–Trinajstić information content (AvgIpc) is 2.75. The number of carbonyl (C=O) groups excluding carboxylic acids is 1. The molecule has 1 aliphatic heterocycles. The summed E-state index contributed by atoms with van der Waals surface area (Å²) in [6.45, 7) is 5.84. The highest BCUT2D eigenvalue weighted by molar-refractivity contribution is 7.89. The molecule has 1 aromatic carbocycles. The van der Waals surface area contributed by atoms with E-state index in [1.165, 1.54) is 4.31 Å². The normalized spacial score (nSPS) is 20.2. The summed E-state index contributed by atoms with van der Waals surface area (Å²) in [5.41, 5.74) is 7.75. The van der Waals surface area contributed by atoms with Gasteiger partial charge in [-0.05, 0) is 44.7 Å². The number of carbonyl (C=O) groups is 1. The number of nitrogens with two attached hydrogens (primary N) is 1. The number of benzene rings is 1. The van der Waals surface area contributed by atoms with Crippen molar-refractivity contribution in [3.05, 3.63) is 28.8 Å². The molecule has 20 heavy (non-hydrogen) atoms. The number of hydrogen-bond acceptors (Lipinski definition) is 3. The van der Waals surface area contributed by atoms with Crippen molar-refractivity contribution in [2.75, 3.05) is 6.54 Å². The molecule has 1 fully saturated rings. The molecule has 0 radical (unpaired) electrons. The molecule has 0 unspecified atom stereocenters. The molecule has 0 saturated carbocycles. The Bertz CT molecular complexity index is 629. The third kappa shape index (κ3) is 2.45. The second-order valence-electron chi connectivity index (χ2n) is 5.40. The highest BCUT2D eigenvalue weighted by Gasteiger charge is 2.39. The van der Waals surface area contributed by atoms with Crippen molar-refractivity contribution >= 4 is 15.9 Å². The lowest BCUT2D eigenvalue weighted by atomic mass is 10.1. The van der Waals surface area contributed by atoms with Gasteiger partial charge < -0.3 is 5.73 Å². The molecule has 0 aliphatic carbocycles. The molecule has 0 spiro atoms. The van der Waals surface area contributed by atoms with E-state index in [9.17, 15) is 13.2 Å². The molecule has 110 valence electrons. The number of aryl methyl sites for hydroxylation is 3. The van der Waals surface area contributed by atoms with Crippen molar-refractivity contribution in [1.82, 2.24) is 4.31 Å². The van der Waals surface area contributed by atoms with E-state index in [0.29, 0.717) is 35.4 Å². The number of hydrogen-bond donors (Lipinski definition) is 1. The molecule has 6 heteroatoms. The molecular formula is C14H20N2O3S. The fourth-order valence-electron chi connectivity index (χ4n) is 3.00. The Morgan fingerprint density at radius 1 is 1.25 bits per heavy atom. The number of rotatable bonds is 3. The Morgan fingerprint density at radius 2 is 1.80 bits per heavy atom. The number of amides is 1. The Balaban J connectivity index is 2.54. The summed E-state index contributed by atoms with van der Waals surface area (Å²) in [5, 5.41) is 0. The fourth-order valence-corrected chi connectivity index (χ4v) is 5.08. The SMILES string of the molecule is Cc1cc(C)c(S(=O)(=O)N2CCC[C@H]2C(N)=O)c(C)c1. The van der Waals surface area contributed by atoms with Crippen LogP contribution in [0, 0.1) is 20.8 Å². The first-order chi connectivity index (χ1) is 9.25. The molecule has 2 N–H and O–H groups in total. The average molecular weight is 296 g/mol. The van der Waals surface area contributed by atoms with Crippen molar-refractivity contribution in [2.24, 2.45) is 5.73 Å². The van der Waals surface area contributed by atoms with Gasteiger partial charge in [-0.15, -0.1) is 0 Å². The lowest BCUT2D eigenvalue weighted by molar-refractivity contribution is -0.121. The topological polar surface area (TPSA) is 80.5 Å². The van der Waals surface area contributed by atoms with E-state index in [1.807, 2.05) is 19.1 Å². The maximum atomic E-state index is 12.8. The van der Waals surface area contributed by atoms with E-state index in [-0.39, 0.29) is 0 Å². The first kappa shape index (κ1) is 15.0. The van der Waals surface area contributed by atoms with E-state index in [0.717, 1.165) is 5.56 Å². The second kappa shape index (κ2) is 5.18. The number of primary amides is 1. The summed E-state index contributed by atoms with van der Waals surface area (Å²) in [6.07, 6.45) is 1.16. The van der Waals surface area contributed by atoms with Crippen LogP contribution in [0.3, 0.4) is 0 Å². The molecular weight excluding hydrogens is 276 g/mol. The van der Waals surface area contributed by atoms with Gasteiger partial charge in [0.15, 0.2) is 0 Å². The van der Waals surface area contributed by atoms with E-state index in [4.69, 9.17) is 5.73 Å². The van der Waals surface area contributed by atoms with Crippen LogP contribution < -0.4 is 5.73 Å². The van der Waals surface area contributed by atoms with Gasteiger partial charge in [0, 0.05) is 6.54 Å². The van der Waals surface area contributed by atoms with Gasteiger partial charge in [0.05, 0.1) is 4.90 Å². The molecule has 2 rings (SSSR count). The number of nitrogens with zero attached hydrogens (tertiary/aromatic N) is 1. The second-order valence-corrected chi connectivity index (χ2v) is 7.23. The van der Waals surface area contributed by atoms with Gasteiger partial charge in [-0.3, -0.25) is 4.79 Å². The third-order valence-corrected chi connectivity index (χ3v) is 5.92. The van der Waals surface area contributed by atoms with E-state index in [2.05, 4.69) is 0 Å². The van der Waals surface area contributed by atoms with Crippen LogP contribution in [0.1, 0.15) is 29.5 Å². The smallest absolute Gasteiger partial charge is 0.244 e. The maximum Gasteiger partial charge on any atom is 0.244 e. The molecule has 1 aromatic rings. The Kier molecular flexibility index (Phi) is 3.88. The molecule has 1 atom stereocenters. The van der Waals surface area contributed by atoms with Crippen molar-refractivity contribution in [1.29, 1.82) is 0 Å². The van der Waals surface area contributed by atoms with Crippen LogP contribution in [0.4, 0.5) is 0 Å². The third-order valence-electron chi connectivity index (χ3n) is 3.70. The van der Waals surface area contributed by atoms with Gasteiger partial charge in [0.25, 0.3) is 0 Å². The van der Waals surface area contributed by atoms with Crippen LogP contribution in [0.25, 0.3) is 0 Å². The molecule has 0 aromatic heterocycles. The predicted molar refractivity (Wildman–Crippen MR) is 76.8 cm³/mol. The quantitative estimate of drug-likeness (QED) is 0.911. The van der Waals surface area contributed by atoms with Gasteiger partial charge in [0.2, 0.25) is 15.9 Å². The van der Waals surface area contributed by atoms with Gasteiger partial charge in [-0.1, -0.05) is 17.7 Å². The van der Waals surface area contributed by atoms with E-state index >= 15 is 0 Å². The highest BCUT2D eigenvalue weighted by atomic mass is 32.2. The van der Waals surface area contributed by atoms with Crippen LogP contribution in [0.15, 0.2) is 17.0 Å². The molecule has 1 aliphatic rings. The summed E-state index contributed by atoms with van der Waals surface area (Å²) < 4.78 is 26.9. The Morgan fingerprint density at radius 3 is 2.30 bits per heavy atom. The lowest BCUT2D eigenvalue weighted by Crippen LogP contribution is -2.44. The summed E-state index contributed by atoms with van der Waals surface area (Å²) >= 11 is 0. The first-order valence-corrected chi connectivity index (χ1v) is 8.08. The minimum atomic E-state index is -3.68. The molecule has 1 saturated heterocycles. The zero-order valence-electron chi connectivity index (χ0n) is 12.0. The fraction of sp³-hybridized carbons (Fsp3) is 0.500. The first-order valence-electron chi connectivity index (χ1n) is 6.64. The standard InChI is InChI=1S/C14H20N2O3S/c1-9-7-10(2)13(11(3)8-9)20(18,19)16-6-4-5-12(16)14(15)17/h7-8,12H,4-6H2,1-3H3,(H2,15,17)/t12-/m0/s1. The zero-order valence-corrected chi connectivity index (χ0v) is 12.8. The summed E-state index contributed by atoms with van der Waals surface area (Å²) in [7, 11) is -3.68. The molecule has 0 bridgehead atoms. The Labute approximate surface area is 119 Å². The predicted octanol–water partition coefficient (Wildman–Crippen LogP) is 1.25. The molecule has 5 nitrogen and oxygen atoms in total. The van der Waals surface area contributed by atoms with Crippen molar-refractivity contribution in [3.63, 3.8) is 0 Å².